The van der Waals surface area contributed by atoms with Gasteiger partial charge in [-0.15, -0.1) is 0 Å². The minimum absolute atomic E-state index is 0.167. The number of nitrogens with one attached hydrogen (secondary N) is 3. The highest BCUT2D eigenvalue weighted by Gasteiger charge is 2.05. The van der Waals surface area contributed by atoms with Gasteiger partial charge in [-0.25, -0.2) is 0 Å². The topological polar surface area (TPSA) is 73.9 Å². The van der Waals surface area contributed by atoms with E-state index in [0.717, 1.165) is 16.8 Å². The van der Waals surface area contributed by atoms with Crippen LogP contribution in [-0.2, 0) is 0 Å². The number of hydrogen-bond donors (Lipinski definition) is 4. The Bertz CT molecular complexity index is 417. The summed E-state index contributed by atoms with van der Waals surface area (Å²) >= 11 is 5.02. The number of nitrogens with two attached hydrogens (primary N) is 1. The standard InChI is InChI=1S/C11H16N4S/c1-6-4-7(2)9(8(3)5-6)14-11(16)15-10(12)13/h4-5H,1-3H3,(H5,12,13,14,15,16). The van der Waals surface area contributed by atoms with Crippen LogP contribution in [-0.4, -0.2) is 11.1 Å². The van der Waals surface area contributed by atoms with Crippen molar-refractivity contribution in [2.45, 2.75) is 20.8 Å². The molecule has 1 aromatic rings. The van der Waals surface area contributed by atoms with E-state index >= 15 is 0 Å². The van der Waals surface area contributed by atoms with Gasteiger partial charge < -0.3 is 16.4 Å². The molecule has 0 saturated carbocycles. The lowest BCUT2D eigenvalue weighted by Gasteiger charge is -2.14. The monoisotopic (exact) mass is 236 g/mol. The minimum Gasteiger partial charge on any atom is -0.370 e. The molecule has 0 amide bonds. The maximum atomic E-state index is 7.07. The summed E-state index contributed by atoms with van der Waals surface area (Å²) in [7, 11) is 0. The van der Waals surface area contributed by atoms with E-state index in [4.69, 9.17) is 23.4 Å². The second-order valence-electron chi connectivity index (χ2n) is 3.77. The molecular formula is C11H16N4S. The van der Waals surface area contributed by atoms with Gasteiger partial charge in [-0.05, 0) is 44.1 Å². The molecule has 5 N–H and O–H groups in total. The fourth-order valence-corrected chi connectivity index (χ4v) is 1.86. The van der Waals surface area contributed by atoms with Crippen molar-refractivity contribution in [3.05, 3.63) is 28.8 Å². The van der Waals surface area contributed by atoms with Gasteiger partial charge in [0.05, 0.1) is 0 Å². The summed E-state index contributed by atoms with van der Waals surface area (Å²) in [4.78, 5) is 0. The minimum atomic E-state index is -0.167. The third-order valence-electron chi connectivity index (χ3n) is 2.16. The molecular weight excluding hydrogens is 220 g/mol. The van der Waals surface area contributed by atoms with Gasteiger partial charge in [-0.1, -0.05) is 17.7 Å². The molecule has 16 heavy (non-hydrogen) atoms. The zero-order valence-electron chi connectivity index (χ0n) is 9.64. The van der Waals surface area contributed by atoms with Crippen LogP contribution in [0.15, 0.2) is 12.1 Å². The molecule has 0 fully saturated rings. The van der Waals surface area contributed by atoms with Gasteiger partial charge in [0, 0.05) is 5.69 Å². The van der Waals surface area contributed by atoms with E-state index in [2.05, 4.69) is 29.7 Å². The Morgan fingerprint density at radius 2 is 1.75 bits per heavy atom. The number of anilines is 1. The maximum absolute atomic E-state index is 7.07. The second-order valence-corrected chi connectivity index (χ2v) is 4.17. The summed E-state index contributed by atoms with van der Waals surface area (Å²) in [6, 6.07) is 4.15. The first-order valence-corrected chi connectivity index (χ1v) is 5.31. The van der Waals surface area contributed by atoms with Gasteiger partial charge in [-0.2, -0.15) is 0 Å². The van der Waals surface area contributed by atoms with Gasteiger partial charge in [0.2, 0.25) is 0 Å². The van der Waals surface area contributed by atoms with Crippen molar-refractivity contribution in [2.75, 3.05) is 5.32 Å². The molecule has 0 bridgehead atoms. The predicted molar refractivity (Wildman–Crippen MR) is 71.9 cm³/mol. The molecule has 0 atom stereocenters. The highest BCUT2D eigenvalue weighted by atomic mass is 32.1. The van der Waals surface area contributed by atoms with Crippen LogP contribution >= 0.6 is 12.2 Å². The number of aryl methyl sites for hydroxylation is 3. The fourth-order valence-electron chi connectivity index (χ4n) is 1.64. The summed E-state index contributed by atoms with van der Waals surface area (Å²) in [5, 5.41) is 13.0. The number of thiocarbonyl (C=S) groups is 1. The van der Waals surface area contributed by atoms with Crippen molar-refractivity contribution in [1.82, 2.24) is 5.32 Å². The third-order valence-corrected chi connectivity index (χ3v) is 2.37. The van der Waals surface area contributed by atoms with Crippen molar-refractivity contribution in [3.8, 4) is 0 Å². The van der Waals surface area contributed by atoms with E-state index in [9.17, 15) is 0 Å². The van der Waals surface area contributed by atoms with E-state index in [1.54, 1.807) is 0 Å². The van der Waals surface area contributed by atoms with Crippen LogP contribution in [0.5, 0.6) is 0 Å². The molecule has 4 nitrogen and oxygen atoms in total. The van der Waals surface area contributed by atoms with Crippen LogP contribution in [0.3, 0.4) is 0 Å². The Balaban J connectivity index is 2.89. The summed E-state index contributed by atoms with van der Waals surface area (Å²) in [5.74, 6) is -0.167. The third kappa shape index (κ3) is 3.20. The molecule has 1 aromatic carbocycles. The maximum Gasteiger partial charge on any atom is 0.192 e. The first-order valence-electron chi connectivity index (χ1n) is 4.90. The largest absolute Gasteiger partial charge is 0.370 e. The number of benzene rings is 1. The molecule has 0 saturated heterocycles. The van der Waals surface area contributed by atoms with Crippen LogP contribution in [0.1, 0.15) is 16.7 Å². The molecule has 86 valence electrons. The van der Waals surface area contributed by atoms with Crippen molar-refractivity contribution in [3.63, 3.8) is 0 Å². The van der Waals surface area contributed by atoms with Crippen molar-refractivity contribution in [2.24, 2.45) is 5.73 Å². The Kier molecular flexibility index (Phi) is 3.84. The lowest BCUT2D eigenvalue weighted by atomic mass is 10.1. The first kappa shape index (κ1) is 12.4. The van der Waals surface area contributed by atoms with Crippen molar-refractivity contribution >= 4 is 29.0 Å². The highest BCUT2D eigenvalue weighted by Crippen LogP contribution is 2.21. The first-order chi connectivity index (χ1) is 7.40. The smallest absolute Gasteiger partial charge is 0.192 e. The highest BCUT2D eigenvalue weighted by molar-refractivity contribution is 7.80. The molecule has 0 aliphatic heterocycles. The second kappa shape index (κ2) is 4.94. The number of guanidine groups is 1. The quantitative estimate of drug-likeness (QED) is 0.341. The van der Waals surface area contributed by atoms with E-state index in [1.807, 2.05) is 13.8 Å². The van der Waals surface area contributed by atoms with Crippen molar-refractivity contribution < 1.29 is 0 Å². The SMILES string of the molecule is Cc1cc(C)c(NC(=S)NC(=N)N)c(C)c1. The van der Waals surface area contributed by atoms with Gasteiger partial charge in [0.1, 0.15) is 0 Å². The van der Waals surface area contributed by atoms with E-state index in [1.165, 1.54) is 5.56 Å². The van der Waals surface area contributed by atoms with Gasteiger partial charge in [0.15, 0.2) is 11.1 Å². The van der Waals surface area contributed by atoms with E-state index in [-0.39, 0.29) is 5.96 Å². The number of rotatable bonds is 1. The predicted octanol–water partition coefficient (Wildman–Crippen LogP) is 1.79. The number of hydrogen-bond acceptors (Lipinski definition) is 2. The Morgan fingerprint density at radius 3 is 2.19 bits per heavy atom. The molecule has 0 spiro atoms. The van der Waals surface area contributed by atoms with Gasteiger partial charge in [-0.3, -0.25) is 5.41 Å². The van der Waals surface area contributed by atoms with Crippen LogP contribution in [0.25, 0.3) is 0 Å². The van der Waals surface area contributed by atoms with Crippen LogP contribution in [0.2, 0.25) is 0 Å². The van der Waals surface area contributed by atoms with Crippen LogP contribution < -0.4 is 16.4 Å². The molecule has 0 heterocycles. The van der Waals surface area contributed by atoms with Crippen LogP contribution in [0.4, 0.5) is 5.69 Å². The lowest BCUT2D eigenvalue weighted by Crippen LogP contribution is -2.38. The molecule has 1 rings (SSSR count). The Labute approximate surface area is 101 Å². The molecule has 0 aliphatic rings. The summed E-state index contributed by atoms with van der Waals surface area (Å²) < 4.78 is 0. The van der Waals surface area contributed by atoms with Crippen LogP contribution in [0, 0.1) is 26.2 Å². The zero-order valence-corrected chi connectivity index (χ0v) is 10.5. The average molecular weight is 236 g/mol. The van der Waals surface area contributed by atoms with E-state index < -0.39 is 0 Å². The molecule has 0 aromatic heterocycles. The molecule has 0 radical (unpaired) electrons. The molecule has 5 heteroatoms. The molecule has 0 unspecified atom stereocenters. The Morgan fingerprint density at radius 1 is 1.25 bits per heavy atom. The fraction of sp³-hybridized carbons (Fsp3) is 0.273. The lowest BCUT2D eigenvalue weighted by molar-refractivity contribution is 1.25. The van der Waals surface area contributed by atoms with Crippen molar-refractivity contribution in [1.29, 1.82) is 5.41 Å². The summed E-state index contributed by atoms with van der Waals surface area (Å²) in [5.41, 5.74) is 9.60. The van der Waals surface area contributed by atoms with E-state index in [0.29, 0.717) is 5.11 Å². The average Bonchev–Trinajstić information content (AvgIpc) is 2.09. The van der Waals surface area contributed by atoms with Gasteiger partial charge >= 0.3 is 0 Å². The normalized spacial score (nSPS) is 9.69. The Hall–Kier alpha value is -1.62. The summed E-state index contributed by atoms with van der Waals surface area (Å²) in [6.07, 6.45) is 0. The van der Waals surface area contributed by atoms with Gasteiger partial charge in [0.25, 0.3) is 0 Å². The zero-order chi connectivity index (χ0) is 12.3. The summed E-state index contributed by atoms with van der Waals surface area (Å²) in [6.45, 7) is 6.08. The molecule has 0 aliphatic carbocycles.